The van der Waals surface area contributed by atoms with E-state index < -0.39 is 0 Å². The molecular formula is C13H22N2OS. The summed E-state index contributed by atoms with van der Waals surface area (Å²) in [5.74, 6) is 1.28. The summed E-state index contributed by atoms with van der Waals surface area (Å²) in [5.41, 5.74) is 1.13. The second kappa shape index (κ2) is 6.87. The van der Waals surface area contributed by atoms with Gasteiger partial charge in [0.15, 0.2) is 0 Å². The highest BCUT2D eigenvalue weighted by Gasteiger charge is 2.14. The summed E-state index contributed by atoms with van der Waals surface area (Å²) in [6.07, 6.45) is 2.07. The number of nitrogens with zero attached hydrogens (tertiary/aromatic N) is 1. The molecule has 1 aromatic rings. The first-order valence-electron chi connectivity index (χ1n) is 6.31. The largest absolute Gasteiger partial charge is 0.371 e. The molecule has 0 spiro atoms. The Kier molecular flexibility index (Phi) is 5.78. The van der Waals surface area contributed by atoms with Gasteiger partial charge in [-0.05, 0) is 25.3 Å². The van der Waals surface area contributed by atoms with Crippen LogP contribution >= 0.6 is 12.2 Å². The van der Waals surface area contributed by atoms with Crippen LogP contribution in [0.4, 0.5) is 0 Å². The molecule has 4 heteroatoms. The summed E-state index contributed by atoms with van der Waals surface area (Å²) >= 11 is 5.21. The minimum Gasteiger partial charge on any atom is -0.371 e. The van der Waals surface area contributed by atoms with Gasteiger partial charge in [-0.1, -0.05) is 39.4 Å². The molecule has 0 radical (unpaired) electrons. The van der Waals surface area contributed by atoms with Crippen molar-refractivity contribution in [1.82, 2.24) is 9.97 Å². The van der Waals surface area contributed by atoms with Crippen LogP contribution in [0.1, 0.15) is 64.1 Å². The Labute approximate surface area is 109 Å². The predicted octanol–water partition coefficient (Wildman–Crippen LogP) is 4.14. The van der Waals surface area contributed by atoms with E-state index in [1.807, 2.05) is 13.0 Å². The Hall–Kier alpha value is -0.740. The van der Waals surface area contributed by atoms with E-state index in [0.717, 1.165) is 24.4 Å². The fraction of sp³-hybridized carbons (Fsp3) is 0.692. The van der Waals surface area contributed by atoms with Gasteiger partial charge >= 0.3 is 0 Å². The maximum atomic E-state index is 5.72. The normalized spacial score (nSPS) is 13.0. The van der Waals surface area contributed by atoms with Gasteiger partial charge in [0.05, 0.1) is 0 Å². The molecule has 1 rings (SSSR count). The van der Waals surface area contributed by atoms with Crippen LogP contribution in [-0.4, -0.2) is 16.6 Å². The molecule has 1 heterocycles. The molecular weight excluding hydrogens is 232 g/mol. The first-order valence-corrected chi connectivity index (χ1v) is 6.72. The fourth-order valence-corrected chi connectivity index (χ4v) is 1.95. The Bertz CT molecular complexity index is 395. The van der Waals surface area contributed by atoms with Crippen molar-refractivity contribution in [1.29, 1.82) is 0 Å². The number of ether oxygens (including phenoxy) is 1. The lowest BCUT2D eigenvalue weighted by atomic mass is 10.1. The van der Waals surface area contributed by atoms with E-state index >= 15 is 0 Å². The van der Waals surface area contributed by atoms with Gasteiger partial charge in [0, 0.05) is 12.3 Å². The molecule has 96 valence electrons. The van der Waals surface area contributed by atoms with Crippen molar-refractivity contribution in [2.75, 3.05) is 6.61 Å². The molecule has 0 aliphatic carbocycles. The van der Waals surface area contributed by atoms with Gasteiger partial charge in [-0.25, -0.2) is 4.98 Å². The third-order valence-corrected chi connectivity index (χ3v) is 2.84. The average Bonchev–Trinajstić information content (AvgIpc) is 2.28. The third-order valence-electron chi connectivity index (χ3n) is 2.63. The van der Waals surface area contributed by atoms with Crippen LogP contribution in [0.3, 0.4) is 0 Å². The Morgan fingerprint density at radius 3 is 2.65 bits per heavy atom. The SMILES string of the molecule is CCCC(OCC)c1nc(=S)cc(C(C)C)[nH]1. The van der Waals surface area contributed by atoms with Crippen LogP contribution in [0.5, 0.6) is 0 Å². The van der Waals surface area contributed by atoms with Crippen molar-refractivity contribution >= 4 is 12.2 Å². The summed E-state index contributed by atoms with van der Waals surface area (Å²) in [6.45, 7) is 9.12. The predicted molar refractivity (Wildman–Crippen MR) is 72.8 cm³/mol. The minimum atomic E-state index is 0.0328. The molecule has 3 nitrogen and oxygen atoms in total. The number of hydrogen-bond donors (Lipinski definition) is 1. The third kappa shape index (κ3) is 4.21. The molecule has 1 aromatic heterocycles. The fourth-order valence-electron chi connectivity index (χ4n) is 1.72. The number of aromatic amines is 1. The van der Waals surface area contributed by atoms with E-state index in [0.29, 0.717) is 17.2 Å². The van der Waals surface area contributed by atoms with E-state index in [1.54, 1.807) is 0 Å². The van der Waals surface area contributed by atoms with Crippen LogP contribution in [0.15, 0.2) is 6.07 Å². The second-order valence-corrected chi connectivity index (χ2v) is 4.87. The molecule has 1 unspecified atom stereocenters. The van der Waals surface area contributed by atoms with Gasteiger partial charge in [-0.3, -0.25) is 0 Å². The van der Waals surface area contributed by atoms with Crippen LogP contribution in [0.25, 0.3) is 0 Å². The van der Waals surface area contributed by atoms with Crippen molar-refractivity contribution in [2.24, 2.45) is 0 Å². The first kappa shape index (κ1) is 14.3. The standard InChI is InChI=1S/C13H22N2OS/c1-5-7-11(16-6-2)13-14-10(9(3)4)8-12(17)15-13/h8-9,11H,5-7H2,1-4H3,(H,14,15,17). The second-order valence-electron chi connectivity index (χ2n) is 4.45. The number of H-pyrrole nitrogens is 1. The van der Waals surface area contributed by atoms with Gasteiger partial charge in [-0.15, -0.1) is 0 Å². The molecule has 0 saturated carbocycles. The summed E-state index contributed by atoms with van der Waals surface area (Å²) in [7, 11) is 0. The number of hydrogen-bond acceptors (Lipinski definition) is 3. The molecule has 0 aliphatic rings. The lowest BCUT2D eigenvalue weighted by Gasteiger charge is -2.17. The topological polar surface area (TPSA) is 37.9 Å². The van der Waals surface area contributed by atoms with E-state index in [4.69, 9.17) is 17.0 Å². The molecule has 1 N–H and O–H groups in total. The van der Waals surface area contributed by atoms with Gasteiger partial charge in [0.1, 0.15) is 16.6 Å². The van der Waals surface area contributed by atoms with Crippen LogP contribution in [-0.2, 0) is 4.74 Å². The van der Waals surface area contributed by atoms with Crippen molar-refractivity contribution in [3.63, 3.8) is 0 Å². The van der Waals surface area contributed by atoms with E-state index in [1.165, 1.54) is 0 Å². The van der Waals surface area contributed by atoms with Gasteiger partial charge in [0.2, 0.25) is 0 Å². The lowest BCUT2D eigenvalue weighted by molar-refractivity contribution is 0.0491. The highest BCUT2D eigenvalue weighted by Crippen LogP contribution is 2.21. The summed E-state index contributed by atoms with van der Waals surface area (Å²) in [6, 6.07) is 1.93. The van der Waals surface area contributed by atoms with Crippen LogP contribution < -0.4 is 0 Å². The minimum absolute atomic E-state index is 0.0328. The summed E-state index contributed by atoms with van der Waals surface area (Å²) in [4.78, 5) is 7.74. The molecule has 0 aromatic carbocycles. The Morgan fingerprint density at radius 2 is 2.12 bits per heavy atom. The van der Waals surface area contributed by atoms with Crippen LogP contribution in [0, 0.1) is 4.64 Å². The highest BCUT2D eigenvalue weighted by atomic mass is 32.1. The van der Waals surface area contributed by atoms with Crippen molar-refractivity contribution in [3.8, 4) is 0 Å². The number of rotatable bonds is 6. The van der Waals surface area contributed by atoms with Gasteiger partial charge in [-0.2, -0.15) is 0 Å². The number of nitrogens with one attached hydrogen (secondary N) is 1. The monoisotopic (exact) mass is 254 g/mol. The summed E-state index contributed by atoms with van der Waals surface area (Å²) in [5, 5.41) is 0. The van der Waals surface area contributed by atoms with Crippen molar-refractivity contribution < 1.29 is 4.74 Å². The van der Waals surface area contributed by atoms with E-state index in [2.05, 4.69) is 30.7 Å². The first-order chi connectivity index (χ1) is 8.08. The quantitative estimate of drug-likeness (QED) is 0.775. The molecule has 0 amide bonds. The molecule has 17 heavy (non-hydrogen) atoms. The van der Waals surface area contributed by atoms with Gasteiger partial charge in [0.25, 0.3) is 0 Å². The zero-order valence-electron chi connectivity index (χ0n) is 11.1. The zero-order chi connectivity index (χ0) is 12.8. The number of aromatic nitrogens is 2. The molecule has 0 aliphatic heterocycles. The Morgan fingerprint density at radius 1 is 1.41 bits per heavy atom. The van der Waals surface area contributed by atoms with Crippen molar-refractivity contribution in [2.45, 2.75) is 52.6 Å². The summed E-state index contributed by atoms with van der Waals surface area (Å²) < 4.78 is 6.36. The maximum absolute atomic E-state index is 5.72. The van der Waals surface area contributed by atoms with E-state index in [-0.39, 0.29) is 6.10 Å². The van der Waals surface area contributed by atoms with Gasteiger partial charge < -0.3 is 9.72 Å². The molecule has 0 saturated heterocycles. The zero-order valence-corrected chi connectivity index (χ0v) is 11.9. The Balaban J connectivity index is 3.05. The lowest BCUT2D eigenvalue weighted by Crippen LogP contribution is -2.10. The molecule has 1 atom stereocenters. The highest BCUT2D eigenvalue weighted by molar-refractivity contribution is 7.71. The average molecular weight is 254 g/mol. The van der Waals surface area contributed by atoms with Crippen molar-refractivity contribution in [3.05, 3.63) is 22.2 Å². The van der Waals surface area contributed by atoms with E-state index in [9.17, 15) is 0 Å². The molecule has 0 fully saturated rings. The maximum Gasteiger partial charge on any atom is 0.137 e. The molecule has 0 bridgehead atoms. The van der Waals surface area contributed by atoms with Crippen LogP contribution in [0.2, 0.25) is 0 Å². The smallest absolute Gasteiger partial charge is 0.137 e.